The van der Waals surface area contributed by atoms with Gasteiger partial charge in [0.25, 0.3) is 12.1 Å². The van der Waals surface area contributed by atoms with Crippen molar-refractivity contribution >= 4 is 17.3 Å². The zero-order valence-corrected chi connectivity index (χ0v) is 8.87. The number of rotatable bonds is 4. The SMILES string of the molecule is COc1ncc([N+](=O)[O-])c(C(F)F)c1CCl. The van der Waals surface area contributed by atoms with E-state index in [1.54, 1.807) is 0 Å². The molecule has 0 spiro atoms. The molecule has 0 bridgehead atoms. The van der Waals surface area contributed by atoms with Crippen LogP contribution in [0.15, 0.2) is 6.20 Å². The van der Waals surface area contributed by atoms with E-state index >= 15 is 0 Å². The largest absolute Gasteiger partial charge is 0.481 e. The van der Waals surface area contributed by atoms with Crippen molar-refractivity contribution < 1.29 is 18.4 Å². The molecule has 0 unspecified atom stereocenters. The number of aromatic nitrogens is 1. The van der Waals surface area contributed by atoms with Crippen molar-refractivity contribution in [1.82, 2.24) is 4.98 Å². The second-order valence-corrected chi connectivity index (χ2v) is 3.00. The molecule has 0 fully saturated rings. The van der Waals surface area contributed by atoms with Gasteiger partial charge >= 0.3 is 0 Å². The number of halogens is 3. The van der Waals surface area contributed by atoms with Crippen LogP contribution in [0.3, 0.4) is 0 Å². The zero-order chi connectivity index (χ0) is 12.3. The number of nitro groups is 1. The van der Waals surface area contributed by atoms with Crippen molar-refractivity contribution in [3.63, 3.8) is 0 Å². The molecule has 0 saturated carbocycles. The summed E-state index contributed by atoms with van der Waals surface area (Å²) in [4.78, 5) is 13.2. The van der Waals surface area contributed by atoms with E-state index in [4.69, 9.17) is 16.3 Å². The number of hydrogen-bond donors (Lipinski definition) is 0. The Morgan fingerprint density at radius 1 is 1.69 bits per heavy atom. The van der Waals surface area contributed by atoms with Gasteiger partial charge in [-0.1, -0.05) is 0 Å². The molecule has 0 aliphatic rings. The monoisotopic (exact) mass is 252 g/mol. The van der Waals surface area contributed by atoms with Crippen LogP contribution in [-0.4, -0.2) is 17.0 Å². The van der Waals surface area contributed by atoms with E-state index in [0.29, 0.717) is 0 Å². The lowest BCUT2D eigenvalue weighted by atomic mass is 10.1. The first kappa shape index (κ1) is 12.6. The van der Waals surface area contributed by atoms with Crippen molar-refractivity contribution in [2.45, 2.75) is 12.3 Å². The third-order valence-corrected chi connectivity index (χ3v) is 2.17. The molecular formula is C8H7ClF2N2O3. The van der Waals surface area contributed by atoms with Crippen LogP contribution < -0.4 is 4.74 Å². The van der Waals surface area contributed by atoms with E-state index in [9.17, 15) is 18.9 Å². The van der Waals surface area contributed by atoms with Gasteiger partial charge in [0.15, 0.2) is 0 Å². The van der Waals surface area contributed by atoms with Gasteiger partial charge in [0.1, 0.15) is 11.8 Å². The normalized spacial score (nSPS) is 10.6. The second kappa shape index (κ2) is 5.02. The molecule has 1 aromatic heterocycles. The summed E-state index contributed by atoms with van der Waals surface area (Å²) in [7, 11) is 1.22. The molecule has 0 aliphatic heterocycles. The van der Waals surface area contributed by atoms with Crippen molar-refractivity contribution in [2.75, 3.05) is 7.11 Å². The molecule has 1 aromatic rings. The highest BCUT2D eigenvalue weighted by Crippen LogP contribution is 2.36. The third kappa shape index (κ3) is 2.19. The molecule has 0 aromatic carbocycles. The summed E-state index contributed by atoms with van der Waals surface area (Å²) < 4.78 is 30.1. The van der Waals surface area contributed by atoms with Crippen LogP contribution in [0.4, 0.5) is 14.5 Å². The molecule has 8 heteroatoms. The Morgan fingerprint density at radius 2 is 2.31 bits per heavy atom. The van der Waals surface area contributed by atoms with Crippen molar-refractivity contribution in [1.29, 1.82) is 0 Å². The van der Waals surface area contributed by atoms with Crippen LogP contribution >= 0.6 is 11.6 Å². The number of methoxy groups -OCH3 is 1. The molecule has 0 amide bonds. The lowest BCUT2D eigenvalue weighted by molar-refractivity contribution is -0.386. The topological polar surface area (TPSA) is 65.3 Å². The Kier molecular flexibility index (Phi) is 3.94. The van der Waals surface area contributed by atoms with Gasteiger partial charge < -0.3 is 4.74 Å². The van der Waals surface area contributed by atoms with E-state index in [1.807, 2.05) is 0 Å². The summed E-state index contributed by atoms with van der Waals surface area (Å²) in [6.07, 6.45) is -2.28. The summed E-state index contributed by atoms with van der Waals surface area (Å²) in [6, 6.07) is 0. The van der Waals surface area contributed by atoms with Crippen LogP contribution in [0.1, 0.15) is 17.6 Å². The van der Waals surface area contributed by atoms with E-state index in [1.165, 1.54) is 7.11 Å². The maximum atomic E-state index is 12.7. The number of hydrogen-bond acceptors (Lipinski definition) is 4. The van der Waals surface area contributed by atoms with Gasteiger partial charge in [-0.3, -0.25) is 10.1 Å². The average Bonchev–Trinajstić information content (AvgIpc) is 2.26. The standard InChI is InChI=1S/C8H7ClF2N2O3/c1-16-8-4(2-9)6(7(10)11)5(3-12-8)13(14)15/h3,7H,2H2,1H3. The highest BCUT2D eigenvalue weighted by atomic mass is 35.5. The number of alkyl halides is 3. The van der Waals surface area contributed by atoms with Gasteiger partial charge in [-0.2, -0.15) is 0 Å². The fourth-order valence-corrected chi connectivity index (χ4v) is 1.49. The first-order valence-electron chi connectivity index (χ1n) is 4.07. The fourth-order valence-electron chi connectivity index (χ4n) is 1.23. The molecule has 0 aliphatic carbocycles. The highest BCUT2D eigenvalue weighted by Gasteiger charge is 2.28. The smallest absolute Gasteiger partial charge is 0.297 e. The molecule has 0 N–H and O–H groups in total. The molecule has 0 atom stereocenters. The van der Waals surface area contributed by atoms with Crippen LogP contribution in [-0.2, 0) is 5.88 Å². The minimum atomic E-state index is -3.01. The second-order valence-electron chi connectivity index (χ2n) is 2.74. The molecule has 5 nitrogen and oxygen atoms in total. The van der Waals surface area contributed by atoms with Crippen molar-refractivity contribution in [3.8, 4) is 5.88 Å². The average molecular weight is 253 g/mol. The number of pyridine rings is 1. The van der Waals surface area contributed by atoms with Crippen LogP contribution in [0.25, 0.3) is 0 Å². The van der Waals surface area contributed by atoms with E-state index < -0.39 is 22.6 Å². The minimum absolute atomic E-state index is 0.129. The summed E-state index contributed by atoms with van der Waals surface area (Å²) in [5.74, 6) is -0.465. The van der Waals surface area contributed by atoms with Gasteiger partial charge in [-0.15, -0.1) is 11.6 Å². The summed E-state index contributed by atoms with van der Waals surface area (Å²) in [5.41, 5.74) is -1.66. The van der Waals surface area contributed by atoms with E-state index in [0.717, 1.165) is 6.20 Å². The molecule has 16 heavy (non-hydrogen) atoms. The van der Waals surface area contributed by atoms with Gasteiger partial charge in [-0.05, 0) is 0 Å². The Morgan fingerprint density at radius 3 is 2.69 bits per heavy atom. The van der Waals surface area contributed by atoms with Crippen LogP contribution in [0.2, 0.25) is 0 Å². The summed E-state index contributed by atoms with van der Waals surface area (Å²) in [5, 5.41) is 10.5. The maximum Gasteiger partial charge on any atom is 0.297 e. The molecule has 88 valence electrons. The fraction of sp³-hybridized carbons (Fsp3) is 0.375. The predicted molar refractivity (Wildman–Crippen MR) is 52.0 cm³/mol. The highest BCUT2D eigenvalue weighted by molar-refractivity contribution is 6.17. The first-order chi connectivity index (χ1) is 7.52. The molecule has 1 heterocycles. The predicted octanol–water partition coefficient (Wildman–Crippen LogP) is 2.67. The Balaban J connectivity index is 3.50. The van der Waals surface area contributed by atoms with Gasteiger partial charge in [0.2, 0.25) is 5.88 Å². The van der Waals surface area contributed by atoms with Gasteiger partial charge in [0, 0.05) is 5.56 Å². The lowest BCUT2D eigenvalue weighted by Gasteiger charge is -2.10. The number of ether oxygens (including phenoxy) is 1. The lowest BCUT2D eigenvalue weighted by Crippen LogP contribution is -2.04. The van der Waals surface area contributed by atoms with Crippen LogP contribution in [0, 0.1) is 10.1 Å². The van der Waals surface area contributed by atoms with Crippen molar-refractivity contribution in [2.24, 2.45) is 0 Å². The van der Waals surface area contributed by atoms with E-state index in [-0.39, 0.29) is 17.3 Å². The van der Waals surface area contributed by atoms with Gasteiger partial charge in [-0.25, -0.2) is 13.8 Å². The summed E-state index contributed by atoms with van der Waals surface area (Å²) >= 11 is 5.46. The Bertz CT molecular complexity index is 415. The molecule has 1 rings (SSSR count). The molecular weight excluding hydrogens is 246 g/mol. The number of nitrogens with zero attached hydrogens (tertiary/aromatic N) is 2. The van der Waals surface area contributed by atoms with Gasteiger partial charge in [0.05, 0.1) is 17.9 Å². The van der Waals surface area contributed by atoms with Crippen molar-refractivity contribution in [3.05, 3.63) is 27.4 Å². The maximum absolute atomic E-state index is 12.7. The van der Waals surface area contributed by atoms with E-state index in [2.05, 4.69) is 4.98 Å². The Labute approximate surface area is 94.1 Å². The zero-order valence-electron chi connectivity index (χ0n) is 8.11. The molecule has 0 radical (unpaired) electrons. The third-order valence-electron chi connectivity index (χ3n) is 1.91. The van der Waals surface area contributed by atoms with Crippen LogP contribution in [0.5, 0.6) is 5.88 Å². The molecule has 0 saturated heterocycles. The quantitative estimate of drug-likeness (QED) is 0.469. The minimum Gasteiger partial charge on any atom is -0.481 e. The Hall–Kier alpha value is -1.50. The first-order valence-corrected chi connectivity index (χ1v) is 4.60. The summed E-state index contributed by atoms with van der Waals surface area (Å²) in [6.45, 7) is 0.